The predicted molar refractivity (Wildman–Crippen MR) is 138 cm³/mol. The van der Waals surface area contributed by atoms with Crippen LogP contribution >= 0.6 is 0 Å². The van der Waals surface area contributed by atoms with Crippen molar-refractivity contribution in [1.82, 2.24) is 0 Å². The normalized spacial score (nSPS) is 29.4. The number of imide groups is 1. The number of aliphatic hydroxyl groups excluding tert-OH is 1. The van der Waals surface area contributed by atoms with Gasteiger partial charge in [-0.1, -0.05) is 37.3 Å². The number of amides is 2. The van der Waals surface area contributed by atoms with E-state index in [1.54, 1.807) is 36.4 Å². The number of carbonyl (C=O) groups excluding carboxylic acids is 2. The van der Waals surface area contributed by atoms with Gasteiger partial charge in [0.15, 0.2) is 5.69 Å². The van der Waals surface area contributed by atoms with Gasteiger partial charge in [-0.05, 0) is 47.5 Å². The second kappa shape index (κ2) is 8.66. The van der Waals surface area contributed by atoms with Crippen LogP contribution in [0.25, 0.3) is 15.6 Å². The molecule has 190 valence electrons. The third-order valence-electron chi connectivity index (χ3n) is 8.47. The number of fused-ring (bicyclic) bond motifs is 6. The van der Waals surface area contributed by atoms with Gasteiger partial charge < -0.3 is 14.6 Å². The predicted octanol–water partition coefficient (Wildman–Crippen LogP) is 4.52. The van der Waals surface area contributed by atoms with E-state index in [1.807, 2.05) is 31.2 Å². The Morgan fingerprint density at radius 2 is 1.82 bits per heavy atom. The third kappa shape index (κ3) is 3.21. The number of carbonyl (C=O) groups is 2. The molecular weight excluding hydrogens is 482 g/mol. The summed E-state index contributed by atoms with van der Waals surface area (Å²) in [5.74, 6) is -1.70. The molecular formula is C30H25N3O5. The molecule has 0 radical (unpaired) electrons. The van der Waals surface area contributed by atoms with Gasteiger partial charge in [0.25, 0.3) is 0 Å². The largest absolute Gasteiger partial charge is 0.493 e. The first-order valence-corrected chi connectivity index (χ1v) is 12.7. The van der Waals surface area contributed by atoms with Crippen molar-refractivity contribution < 1.29 is 24.2 Å². The summed E-state index contributed by atoms with van der Waals surface area (Å²) in [6.07, 6.45) is 0.0551. The average Bonchev–Trinajstić information content (AvgIpc) is 3.51. The molecule has 0 aliphatic carbocycles. The van der Waals surface area contributed by atoms with Crippen LogP contribution in [0.1, 0.15) is 31.7 Å². The lowest BCUT2D eigenvalue weighted by atomic mass is 9.64. The maximum atomic E-state index is 14.1. The Labute approximate surface area is 219 Å². The topological polar surface area (TPSA) is 104 Å². The minimum absolute atomic E-state index is 0.214. The Hall–Kier alpha value is -4.24. The number of hydrogen-bond acceptors (Lipinski definition) is 6. The van der Waals surface area contributed by atoms with Crippen LogP contribution in [0.5, 0.6) is 5.75 Å². The van der Waals surface area contributed by atoms with Crippen molar-refractivity contribution in [1.29, 1.82) is 5.26 Å². The number of aliphatic hydroxyl groups is 1. The molecule has 0 spiro atoms. The summed E-state index contributed by atoms with van der Waals surface area (Å²) in [5, 5.41) is 21.5. The van der Waals surface area contributed by atoms with E-state index in [1.165, 1.54) is 4.90 Å². The number of nitriles is 1. The smallest absolute Gasteiger partial charge is 0.240 e. The SMILES string of the molecule is [C-]#[N+]c1ccc(N2C(=O)[C@@H]3[C@H](C2=O)C2(CC)OC3(CCOc3ccc(C#N)cc3)C[C@H]2O)c2ccccc12. The second-order valence-electron chi connectivity index (χ2n) is 10.2. The molecule has 8 nitrogen and oxygen atoms in total. The Bertz CT molecular complexity index is 1550. The summed E-state index contributed by atoms with van der Waals surface area (Å²) in [7, 11) is 0. The summed E-state index contributed by atoms with van der Waals surface area (Å²) in [4.78, 5) is 32.9. The first-order valence-electron chi connectivity index (χ1n) is 12.7. The van der Waals surface area contributed by atoms with Crippen LogP contribution in [0.4, 0.5) is 11.4 Å². The Morgan fingerprint density at radius 3 is 2.50 bits per heavy atom. The monoisotopic (exact) mass is 507 g/mol. The van der Waals surface area contributed by atoms with E-state index >= 15 is 0 Å². The molecule has 2 bridgehead atoms. The van der Waals surface area contributed by atoms with Crippen LogP contribution in [0.2, 0.25) is 0 Å². The summed E-state index contributed by atoms with van der Waals surface area (Å²) in [6.45, 7) is 9.59. The van der Waals surface area contributed by atoms with E-state index in [4.69, 9.17) is 21.3 Å². The zero-order valence-electron chi connectivity index (χ0n) is 20.8. The molecule has 5 atom stereocenters. The van der Waals surface area contributed by atoms with Crippen LogP contribution in [0, 0.1) is 29.7 Å². The minimum Gasteiger partial charge on any atom is -0.493 e. The maximum absolute atomic E-state index is 14.1. The van der Waals surface area contributed by atoms with Gasteiger partial charge in [-0.3, -0.25) is 9.59 Å². The number of benzene rings is 3. The highest BCUT2D eigenvalue weighted by Gasteiger charge is 2.77. The number of rotatable bonds is 6. The van der Waals surface area contributed by atoms with E-state index < -0.39 is 29.1 Å². The average molecular weight is 508 g/mol. The van der Waals surface area contributed by atoms with Gasteiger partial charge in [0.05, 0.1) is 54.0 Å². The molecule has 0 aromatic heterocycles. The van der Waals surface area contributed by atoms with Gasteiger partial charge in [-0.15, -0.1) is 0 Å². The Morgan fingerprint density at radius 1 is 1.11 bits per heavy atom. The summed E-state index contributed by atoms with van der Waals surface area (Å²) >= 11 is 0. The molecule has 3 aliphatic rings. The van der Waals surface area contributed by atoms with Crippen LogP contribution in [-0.4, -0.2) is 40.8 Å². The highest BCUT2D eigenvalue weighted by atomic mass is 16.6. The van der Waals surface area contributed by atoms with Crippen molar-refractivity contribution >= 4 is 34.0 Å². The molecule has 38 heavy (non-hydrogen) atoms. The summed E-state index contributed by atoms with van der Waals surface area (Å²) in [5.41, 5.74) is -0.769. The zero-order valence-corrected chi connectivity index (χ0v) is 20.8. The fourth-order valence-corrected chi connectivity index (χ4v) is 6.74. The Kier molecular flexibility index (Phi) is 5.50. The van der Waals surface area contributed by atoms with Gasteiger partial charge in [0, 0.05) is 12.8 Å². The second-order valence-corrected chi connectivity index (χ2v) is 10.2. The molecule has 2 amide bonds. The molecule has 3 aliphatic heterocycles. The third-order valence-corrected chi connectivity index (χ3v) is 8.47. The molecule has 2 unspecified atom stereocenters. The number of hydrogen-bond donors (Lipinski definition) is 1. The molecule has 1 N–H and O–H groups in total. The van der Waals surface area contributed by atoms with Gasteiger partial charge >= 0.3 is 0 Å². The lowest BCUT2D eigenvalue weighted by molar-refractivity contribution is -0.137. The van der Waals surface area contributed by atoms with Gasteiger partial charge in [0.2, 0.25) is 11.8 Å². The summed E-state index contributed by atoms with van der Waals surface area (Å²) in [6, 6.07) is 19.4. The Balaban J connectivity index is 1.36. The van der Waals surface area contributed by atoms with E-state index in [0.29, 0.717) is 46.3 Å². The number of nitrogens with zero attached hydrogens (tertiary/aromatic N) is 3. The quantitative estimate of drug-likeness (QED) is 0.389. The van der Waals surface area contributed by atoms with Crippen molar-refractivity contribution in [3.05, 3.63) is 77.6 Å². The van der Waals surface area contributed by atoms with E-state index in [2.05, 4.69) is 10.9 Å². The van der Waals surface area contributed by atoms with E-state index in [0.717, 1.165) is 0 Å². The molecule has 3 saturated heterocycles. The van der Waals surface area contributed by atoms with Crippen LogP contribution in [-0.2, 0) is 14.3 Å². The van der Waals surface area contributed by atoms with Gasteiger partial charge in [-0.2, -0.15) is 5.26 Å². The fraction of sp³-hybridized carbons (Fsp3) is 0.333. The molecule has 3 fully saturated rings. The first-order chi connectivity index (χ1) is 18.4. The number of ether oxygens (including phenoxy) is 2. The number of anilines is 1. The lowest BCUT2D eigenvalue weighted by Gasteiger charge is -2.34. The molecule has 6 rings (SSSR count). The van der Waals surface area contributed by atoms with E-state index in [-0.39, 0.29) is 24.8 Å². The van der Waals surface area contributed by atoms with Crippen molar-refractivity contribution in [2.75, 3.05) is 11.5 Å². The van der Waals surface area contributed by atoms with Crippen LogP contribution < -0.4 is 9.64 Å². The molecule has 3 heterocycles. The van der Waals surface area contributed by atoms with Crippen LogP contribution in [0.3, 0.4) is 0 Å². The van der Waals surface area contributed by atoms with Crippen molar-refractivity contribution in [2.45, 2.75) is 43.5 Å². The lowest BCUT2D eigenvalue weighted by Crippen LogP contribution is -2.51. The maximum Gasteiger partial charge on any atom is 0.240 e. The standard InChI is InChI=1S/C30H25N3O5/c1-3-30-24(34)16-29(38-30,14-15-37-19-10-8-18(17-31)9-11-19)25-26(30)28(36)33(27(25)35)23-13-12-22(32-2)20-6-4-5-7-21(20)23/h4-13,24-26,34H,3,14-16H2,1H3/t24-,25+,26-,29?,30?/m1/s1. The van der Waals surface area contributed by atoms with Crippen molar-refractivity contribution in [3.8, 4) is 11.8 Å². The molecule has 3 aromatic carbocycles. The van der Waals surface area contributed by atoms with Gasteiger partial charge in [0.1, 0.15) is 11.4 Å². The molecule has 0 saturated carbocycles. The first kappa shape index (κ1) is 24.1. The highest BCUT2D eigenvalue weighted by molar-refractivity contribution is 6.26. The molecule has 8 heteroatoms. The van der Waals surface area contributed by atoms with E-state index in [9.17, 15) is 14.7 Å². The van der Waals surface area contributed by atoms with Crippen molar-refractivity contribution in [2.24, 2.45) is 11.8 Å². The summed E-state index contributed by atoms with van der Waals surface area (Å²) < 4.78 is 12.4. The van der Waals surface area contributed by atoms with Crippen molar-refractivity contribution in [3.63, 3.8) is 0 Å². The molecule has 3 aromatic rings. The van der Waals surface area contributed by atoms with Gasteiger partial charge in [-0.25, -0.2) is 9.74 Å². The fourth-order valence-electron chi connectivity index (χ4n) is 6.74. The highest BCUT2D eigenvalue weighted by Crippen LogP contribution is 2.63. The minimum atomic E-state index is -1.15. The van der Waals surface area contributed by atoms with Crippen LogP contribution in [0.15, 0.2) is 60.7 Å². The zero-order chi connectivity index (χ0) is 26.7.